The molecule has 2 unspecified atom stereocenters. The summed E-state index contributed by atoms with van der Waals surface area (Å²) in [5.41, 5.74) is -0.388. The summed E-state index contributed by atoms with van der Waals surface area (Å²) in [6.45, 7) is 1.89. The maximum absolute atomic E-state index is 13.0. The highest BCUT2D eigenvalue weighted by atomic mass is 19.4. The second-order valence-electron chi connectivity index (χ2n) is 9.47. The van der Waals surface area contributed by atoms with Gasteiger partial charge in [-0.3, -0.25) is 9.59 Å². The number of carbonyl (C=O) groups is 2. The van der Waals surface area contributed by atoms with Crippen LogP contribution in [-0.4, -0.2) is 58.5 Å². The zero-order chi connectivity index (χ0) is 26.2. The lowest BCUT2D eigenvalue weighted by atomic mass is 10.0. The van der Waals surface area contributed by atoms with Crippen LogP contribution in [0.4, 0.5) is 13.2 Å². The van der Waals surface area contributed by atoms with Gasteiger partial charge in [-0.2, -0.15) is 13.2 Å². The number of hydrogen-bond donors (Lipinski definition) is 2. The summed E-state index contributed by atoms with van der Waals surface area (Å²) >= 11 is 0. The monoisotopic (exact) mass is 517 g/mol. The highest BCUT2D eigenvalue weighted by Gasteiger charge is 2.33. The number of aromatic nitrogens is 1. The molecule has 1 aromatic carbocycles. The molecule has 5 rings (SSSR count). The van der Waals surface area contributed by atoms with Gasteiger partial charge in [0.05, 0.1) is 11.6 Å². The minimum Gasteiger partial charge on any atom is -0.474 e. The summed E-state index contributed by atoms with van der Waals surface area (Å²) in [6.07, 6.45) is -0.113. The van der Waals surface area contributed by atoms with Crippen molar-refractivity contribution < 1.29 is 37.0 Å². The quantitative estimate of drug-likeness (QED) is 0.328. The molecule has 1 aliphatic heterocycles. The molecule has 2 aromatic heterocycles. The van der Waals surface area contributed by atoms with Crippen molar-refractivity contribution in [3.05, 3.63) is 59.5 Å². The molecule has 0 radical (unpaired) electrons. The normalized spacial score (nSPS) is 18.1. The zero-order valence-corrected chi connectivity index (χ0v) is 19.8. The number of ether oxygens (including phenoxy) is 1. The molecule has 11 heteroatoms. The summed E-state index contributed by atoms with van der Waals surface area (Å²) in [5, 5.41) is 13.7. The summed E-state index contributed by atoms with van der Waals surface area (Å²) in [5.74, 6) is -2.01. The van der Waals surface area contributed by atoms with Crippen LogP contribution in [0.2, 0.25) is 0 Å². The average molecular weight is 518 g/mol. The number of furan rings is 1. The summed E-state index contributed by atoms with van der Waals surface area (Å²) in [6, 6.07) is 6.40. The molecule has 1 aliphatic carbocycles. The molecular formula is C26H26F3N3O5. The summed E-state index contributed by atoms with van der Waals surface area (Å²) in [7, 11) is 0. The fourth-order valence-electron chi connectivity index (χ4n) is 4.37. The Morgan fingerprint density at radius 1 is 1.16 bits per heavy atom. The number of carbonyl (C=O) groups excluding carboxylic acids is 2. The molecule has 1 saturated carbocycles. The third kappa shape index (κ3) is 5.94. The van der Waals surface area contributed by atoms with Gasteiger partial charge in [0.25, 0.3) is 11.7 Å². The number of pyridine rings is 1. The van der Waals surface area contributed by atoms with Crippen LogP contribution < -0.4 is 10.1 Å². The zero-order valence-electron chi connectivity index (χ0n) is 19.8. The Labute approximate surface area is 210 Å². The van der Waals surface area contributed by atoms with E-state index in [0.717, 1.165) is 63.0 Å². The van der Waals surface area contributed by atoms with Crippen LogP contribution in [0.25, 0.3) is 11.0 Å². The lowest BCUT2D eigenvalue weighted by Crippen LogP contribution is -2.48. The van der Waals surface area contributed by atoms with E-state index in [4.69, 9.17) is 9.15 Å². The summed E-state index contributed by atoms with van der Waals surface area (Å²) in [4.78, 5) is 32.0. The number of nitrogens with one attached hydrogen (secondary N) is 1. The van der Waals surface area contributed by atoms with Gasteiger partial charge >= 0.3 is 6.18 Å². The van der Waals surface area contributed by atoms with Crippen molar-refractivity contribution >= 4 is 22.7 Å². The number of aliphatic hydroxyl groups excluding tert-OH is 1. The first-order valence-electron chi connectivity index (χ1n) is 12.2. The Kier molecular flexibility index (Phi) is 6.91. The first kappa shape index (κ1) is 25.2. The van der Waals surface area contributed by atoms with Gasteiger partial charge in [0.15, 0.2) is 5.76 Å². The van der Waals surface area contributed by atoms with Crippen molar-refractivity contribution in [2.45, 2.75) is 50.1 Å². The van der Waals surface area contributed by atoms with Crippen molar-refractivity contribution in [1.29, 1.82) is 0 Å². The van der Waals surface area contributed by atoms with Crippen LogP contribution in [0, 0.1) is 0 Å². The highest BCUT2D eigenvalue weighted by molar-refractivity contribution is 6.42. The van der Waals surface area contributed by atoms with Crippen LogP contribution in [0.15, 0.2) is 47.0 Å². The second-order valence-corrected chi connectivity index (χ2v) is 9.47. The van der Waals surface area contributed by atoms with Crippen molar-refractivity contribution in [3.63, 3.8) is 0 Å². The fraction of sp³-hybridized carbons (Fsp3) is 0.423. The molecule has 2 aliphatic rings. The van der Waals surface area contributed by atoms with Gasteiger partial charge in [-0.1, -0.05) is 0 Å². The van der Waals surface area contributed by atoms with Crippen molar-refractivity contribution in [1.82, 2.24) is 15.2 Å². The number of aliphatic hydroxyl groups is 1. The van der Waals surface area contributed by atoms with Gasteiger partial charge in [0.2, 0.25) is 5.88 Å². The van der Waals surface area contributed by atoms with Crippen LogP contribution >= 0.6 is 0 Å². The van der Waals surface area contributed by atoms with Crippen LogP contribution in [0.5, 0.6) is 5.88 Å². The molecular weight excluding hydrogens is 491 g/mol. The molecule has 196 valence electrons. The third-order valence-electron chi connectivity index (χ3n) is 6.54. The van der Waals surface area contributed by atoms with Crippen molar-refractivity contribution in [2.24, 2.45) is 0 Å². The molecule has 2 fully saturated rings. The lowest BCUT2D eigenvalue weighted by Gasteiger charge is -2.28. The standard InChI is InChI=1S/C26H26F3N3O5/c27-26(28,29)17-4-7-20-16(11-17)12-21(37-20)24(34)25(35)31-19(14-32-9-1-2-10-32)23(33)15-3-8-22(30-13-15)36-18-5-6-18/h3-4,7-8,11-13,18-19,23,33H,1-2,5-6,9-10,14H2,(H,31,35). The number of fused-ring (bicyclic) bond motifs is 1. The van der Waals surface area contributed by atoms with E-state index in [0.29, 0.717) is 18.0 Å². The molecule has 3 aromatic rings. The highest BCUT2D eigenvalue weighted by Crippen LogP contribution is 2.32. The minimum absolute atomic E-state index is 0.0531. The molecule has 2 N–H and O–H groups in total. The second kappa shape index (κ2) is 10.1. The van der Waals surface area contributed by atoms with Gasteiger partial charge in [-0.25, -0.2) is 4.98 Å². The number of amides is 1. The number of benzene rings is 1. The Morgan fingerprint density at radius 2 is 1.92 bits per heavy atom. The Hall–Kier alpha value is -3.44. The first-order chi connectivity index (χ1) is 17.7. The predicted molar refractivity (Wildman–Crippen MR) is 126 cm³/mol. The van der Waals surface area contributed by atoms with Crippen molar-refractivity contribution in [2.75, 3.05) is 19.6 Å². The Bertz CT molecular complexity index is 1280. The van der Waals surface area contributed by atoms with Crippen LogP contribution in [0.1, 0.15) is 53.5 Å². The Morgan fingerprint density at radius 3 is 2.57 bits per heavy atom. The molecule has 37 heavy (non-hydrogen) atoms. The minimum atomic E-state index is -4.55. The van der Waals surface area contributed by atoms with Crippen molar-refractivity contribution in [3.8, 4) is 5.88 Å². The molecule has 2 atom stereocenters. The number of hydrogen-bond acceptors (Lipinski definition) is 7. The third-order valence-corrected chi connectivity index (χ3v) is 6.54. The van der Waals surface area contributed by atoms with E-state index >= 15 is 0 Å². The molecule has 8 nitrogen and oxygen atoms in total. The number of rotatable bonds is 9. The van der Waals surface area contributed by atoms with Gasteiger partial charge in [0, 0.05) is 29.8 Å². The van der Waals surface area contributed by atoms with Crippen LogP contribution in [0.3, 0.4) is 0 Å². The lowest BCUT2D eigenvalue weighted by molar-refractivity contribution is -0.137. The average Bonchev–Trinajstić information content (AvgIpc) is 3.35. The van der Waals surface area contributed by atoms with E-state index < -0.39 is 35.6 Å². The van der Waals surface area contributed by atoms with Gasteiger partial charge in [-0.15, -0.1) is 0 Å². The maximum atomic E-state index is 13.0. The number of Topliss-reactive ketones (excluding diaryl/α,β-unsaturated/α-hetero) is 1. The molecule has 1 amide bonds. The van der Waals surface area contributed by atoms with Gasteiger partial charge < -0.3 is 24.5 Å². The van der Waals surface area contributed by atoms with E-state index in [1.165, 1.54) is 6.20 Å². The smallest absolute Gasteiger partial charge is 0.416 e. The van der Waals surface area contributed by atoms with Crippen LogP contribution in [-0.2, 0) is 11.0 Å². The molecule has 3 heterocycles. The number of nitrogens with zero attached hydrogens (tertiary/aromatic N) is 2. The summed E-state index contributed by atoms with van der Waals surface area (Å²) < 4.78 is 50.0. The fourth-order valence-corrected chi connectivity index (χ4v) is 4.37. The van der Waals surface area contributed by atoms with Gasteiger partial charge in [-0.05, 0) is 69.1 Å². The maximum Gasteiger partial charge on any atom is 0.416 e. The predicted octanol–water partition coefficient (Wildman–Crippen LogP) is 3.88. The number of halogens is 3. The van der Waals surface area contributed by atoms with Gasteiger partial charge in [0.1, 0.15) is 17.8 Å². The van der Waals surface area contributed by atoms with E-state index in [9.17, 15) is 27.9 Å². The van der Waals surface area contributed by atoms with E-state index in [1.54, 1.807) is 12.1 Å². The Balaban J connectivity index is 1.32. The SMILES string of the molecule is O=C(NC(CN1CCCC1)C(O)c1ccc(OC2CC2)nc1)C(=O)c1cc2cc(C(F)(F)F)ccc2o1. The van der Waals surface area contributed by atoms with E-state index in [1.807, 2.05) is 0 Å². The number of ketones is 1. The number of likely N-dealkylation sites (tertiary alicyclic amines) is 1. The topological polar surface area (TPSA) is 105 Å². The molecule has 1 saturated heterocycles. The molecule has 0 spiro atoms. The van der Waals surface area contributed by atoms with E-state index in [2.05, 4.69) is 15.2 Å². The van der Waals surface area contributed by atoms with E-state index in [-0.39, 0.29) is 22.8 Å². The molecule has 0 bridgehead atoms. The largest absolute Gasteiger partial charge is 0.474 e. The number of alkyl halides is 3. The first-order valence-corrected chi connectivity index (χ1v) is 12.2.